The van der Waals surface area contributed by atoms with Crippen LogP contribution in [0.5, 0.6) is 0 Å². The van der Waals surface area contributed by atoms with E-state index >= 15 is 0 Å². The molecule has 0 atom stereocenters. The molecule has 1 aliphatic heterocycles. The fourth-order valence-corrected chi connectivity index (χ4v) is 3.07. The van der Waals surface area contributed by atoms with E-state index in [-0.39, 0.29) is 11.8 Å². The van der Waals surface area contributed by atoms with Crippen LogP contribution in [0.4, 0.5) is 5.69 Å². The predicted molar refractivity (Wildman–Crippen MR) is 99.4 cm³/mol. The molecular formula is C16H23IN4O2. The molecule has 1 heterocycles. The fourth-order valence-electron chi connectivity index (χ4n) is 2.53. The molecule has 1 saturated heterocycles. The van der Waals surface area contributed by atoms with Crippen LogP contribution < -0.4 is 10.6 Å². The molecule has 126 valence electrons. The topological polar surface area (TPSA) is 64.7 Å². The lowest BCUT2D eigenvalue weighted by molar-refractivity contribution is -0.123. The molecule has 2 rings (SSSR count). The van der Waals surface area contributed by atoms with Gasteiger partial charge in [-0.3, -0.25) is 19.4 Å². The number of anilines is 1. The minimum atomic E-state index is 0.00387. The molecule has 6 nitrogen and oxygen atoms in total. The highest BCUT2D eigenvalue weighted by atomic mass is 127. The van der Waals surface area contributed by atoms with Gasteiger partial charge >= 0.3 is 0 Å². The third-order valence-corrected chi connectivity index (χ3v) is 4.35. The summed E-state index contributed by atoms with van der Waals surface area (Å²) in [6, 6.07) is 7.76. The van der Waals surface area contributed by atoms with Crippen LogP contribution in [0.15, 0.2) is 24.3 Å². The molecule has 2 N–H and O–H groups in total. The number of amides is 2. The molecule has 0 spiro atoms. The smallest absolute Gasteiger partial charge is 0.238 e. The van der Waals surface area contributed by atoms with Crippen LogP contribution in [0.3, 0.4) is 0 Å². The summed E-state index contributed by atoms with van der Waals surface area (Å²) in [7, 11) is 0. The van der Waals surface area contributed by atoms with Crippen molar-refractivity contribution < 1.29 is 9.59 Å². The van der Waals surface area contributed by atoms with Crippen molar-refractivity contribution >= 4 is 40.1 Å². The van der Waals surface area contributed by atoms with Crippen molar-refractivity contribution in [3.8, 4) is 0 Å². The molecule has 2 amide bonds. The van der Waals surface area contributed by atoms with Gasteiger partial charge in [-0.25, -0.2) is 0 Å². The van der Waals surface area contributed by atoms with Crippen molar-refractivity contribution in [3.63, 3.8) is 0 Å². The van der Waals surface area contributed by atoms with Crippen molar-refractivity contribution in [2.24, 2.45) is 0 Å². The molecule has 1 aliphatic rings. The molecule has 0 unspecified atom stereocenters. The highest BCUT2D eigenvalue weighted by molar-refractivity contribution is 14.1. The number of hydrogen-bond acceptors (Lipinski definition) is 4. The third kappa shape index (κ3) is 6.44. The lowest BCUT2D eigenvalue weighted by Crippen LogP contribution is -2.51. The van der Waals surface area contributed by atoms with E-state index in [1.165, 1.54) is 0 Å². The second-order valence-electron chi connectivity index (χ2n) is 5.56. The molecule has 0 aromatic heterocycles. The van der Waals surface area contributed by atoms with Gasteiger partial charge in [0.05, 0.1) is 13.1 Å². The van der Waals surface area contributed by atoms with E-state index in [1.54, 1.807) is 0 Å². The summed E-state index contributed by atoms with van der Waals surface area (Å²) >= 11 is 2.23. The summed E-state index contributed by atoms with van der Waals surface area (Å²) in [4.78, 5) is 27.9. The van der Waals surface area contributed by atoms with Crippen LogP contribution >= 0.6 is 22.6 Å². The Labute approximate surface area is 150 Å². The number of piperazine rings is 1. The van der Waals surface area contributed by atoms with E-state index in [2.05, 4.69) is 43.0 Å². The number of hydrogen-bond donors (Lipinski definition) is 2. The first-order valence-corrected chi connectivity index (χ1v) is 8.91. The minimum absolute atomic E-state index is 0.00387. The van der Waals surface area contributed by atoms with Crippen LogP contribution in [0.2, 0.25) is 0 Å². The molecular weight excluding hydrogens is 407 g/mol. The Morgan fingerprint density at radius 3 is 2.26 bits per heavy atom. The predicted octanol–water partition coefficient (Wildman–Crippen LogP) is 0.983. The van der Waals surface area contributed by atoms with Gasteiger partial charge in [0, 0.05) is 42.0 Å². The van der Waals surface area contributed by atoms with Gasteiger partial charge in [-0.1, -0.05) is 6.07 Å². The molecule has 7 heteroatoms. The zero-order valence-corrected chi connectivity index (χ0v) is 15.5. The standard InChI is InChI=1S/C16H23IN4O2/c1-2-18-15(22)11-20-6-8-21(9-7-20)12-16(23)19-14-5-3-4-13(17)10-14/h3-5,10H,2,6-9,11-12H2,1H3,(H,18,22)(H,19,23). The molecule has 0 aliphatic carbocycles. The number of halogens is 1. The average molecular weight is 430 g/mol. The van der Waals surface area contributed by atoms with Crippen LogP contribution in [-0.4, -0.2) is 67.4 Å². The maximum Gasteiger partial charge on any atom is 0.238 e. The zero-order valence-electron chi connectivity index (χ0n) is 13.3. The van der Waals surface area contributed by atoms with Crippen molar-refractivity contribution in [1.82, 2.24) is 15.1 Å². The van der Waals surface area contributed by atoms with E-state index in [0.29, 0.717) is 19.6 Å². The Kier molecular flexibility index (Phi) is 7.25. The Balaban J connectivity index is 1.71. The number of rotatable bonds is 6. The zero-order chi connectivity index (χ0) is 16.7. The van der Waals surface area contributed by atoms with E-state index in [4.69, 9.17) is 0 Å². The maximum absolute atomic E-state index is 12.1. The van der Waals surface area contributed by atoms with Gasteiger partial charge in [-0.05, 0) is 47.7 Å². The number of nitrogens with one attached hydrogen (secondary N) is 2. The molecule has 0 radical (unpaired) electrons. The van der Waals surface area contributed by atoms with Crippen molar-refractivity contribution in [1.29, 1.82) is 0 Å². The number of carbonyl (C=O) groups is 2. The van der Waals surface area contributed by atoms with Gasteiger partial charge in [0.25, 0.3) is 0 Å². The van der Waals surface area contributed by atoms with Gasteiger partial charge < -0.3 is 10.6 Å². The number of carbonyl (C=O) groups excluding carboxylic acids is 2. The SMILES string of the molecule is CCNC(=O)CN1CCN(CC(=O)Nc2cccc(I)c2)CC1. The Morgan fingerprint density at radius 1 is 1.09 bits per heavy atom. The second-order valence-corrected chi connectivity index (χ2v) is 6.81. The summed E-state index contributed by atoms with van der Waals surface area (Å²) in [6.45, 7) is 6.65. The van der Waals surface area contributed by atoms with Crippen LogP contribution in [0, 0.1) is 3.57 Å². The van der Waals surface area contributed by atoms with Gasteiger partial charge in [-0.15, -0.1) is 0 Å². The highest BCUT2D eigenvalue weighted by Gasteiger charge is 2.20. The fraction of sp³-hybridized carbons (Fsp3) is 0.500. The van der Waals surface area contributed by atoms with Gasteiger partial charge in [0.15, 0.2) is 0 Å². The molecule has 23 heavy (non-hydrogen) atoms. The Hall–Kier alpha value is -1.19. The number of benzene rings is 1. The molecule has 1 aromatic rings. The van der Waals surface area contributed by atoms with Crippen molar-refractivity contribution in [3.05, 3.63) is 27.8 Å². The molecule has 0 saturated carbocycles. The first-order valence-electron chi connectivity index (χ1n) is 7.83. The minimum Gasteiger partial charge on any atom is -0.355 e. The van der Waals surface area contributed by atoms with Crippen LogP contribution in [-0.2, 0) is 9.59 Å². The van der Waals surface area contributed by atoms with Gasteiger partial charge in [0.1, 0.15) is 0 Å². The van der Waals surface area contributed by atoms with Crippen molar-refractivity contribution in [2.45, 2.75) is 6.92 Å². The van der Waals surface area contributed by atoms with E-state index < -0.39 is 0 Å². The highest BCUT2D eigenvalue weighted by Crippen LogP contribution is 2.12. The first-order chi connectivity index (χ1) is 11.1. The van der Waals surface area contributed by atoms with E-state index in [1.807, 2.05) is 31.2 Å². The molecule has 1 aromatic carbocycles. The maximum atomic E-state index is 12.1. The lowest BCUT2D eigenvalue weighted by atomic mass is 10.3. The van der Waals surface area contributed by atoms with Crippen LogP contribution in [0.25, 0.3) is 0 Å². The normalized spacial score (nSPS) is 16.1. The summed E-state index contributed by atoms with van der Waals surface area (Å²) < 4.78 is 1.10. The lowest BCUT2D eigenvalue weighted by Gasteiger charge is -2.33. The van der Waals surface area contributed by atoms with E-state index in [0.717, 1.165) is 35.4 Å². The first kappa shape index (κ1) is 18.2. The average Bonchev–Trinajstić information content (AvgIpc) is 2.49. The molecule has 0 bridgehead atoms. The number of likely N-dealkylation sites (N-methyl/N-ethyl adjacent to an activating group) is 1. The third-order valence-electron chi connectivity index (χ3n) is 3.68. The Bertz CT molecular complexity index is 545. The molecule has 1 fully saturated rings. The summed E-state index contributed by atoms with van der Waals surface area (Å²) in [6.07, 6.45) is 0. The van der Waals surface area contributed by atoms with Gasteiger partial charge in [0.2, 0.25) is 11.8 Å². The summed E-state index contributed by atoms with van der Waals surface area (Å²) in [5.41, 5.74) is 0.830. The van der Waals surface area contributed by atoms with Crippen molar-refractivity contribution in [2.75, 3.05) is 51.1 Å². The quantitative estimate of drug-likeness (QED) is 0.661. The number of nitrogens with zero attached hydrogens (tertiary/aromatic N) is 2. The largest absolute Gasteiger partial charge is 0.355 e. The van der Waals surface area contributed by atoms with Crippen LogP contribution in [0.1, 0.15) is 6.92 Å². The van der Waals surface area contributed by atoms with E-state index in [9.17, 15) is 9.59 Å². The second kappa shape index (κ2) is 9.19. The Morgan fingerprint density at radius 2 is 1.70 bits per heavy atom. The van der Waals surface area contributed by atoms with Gasteiger partial charge in [-0.2, -0.15) is 0 Å². The monoisotopic (exact) mass is 430 g/mol. The summed E-state index contributed by atoms with van der Waals surface area (Å²) in [5.74, 6) is 0.0709. The summed E-state index contributed by atoms with van der Waals surface area (Å²) in [5, 5.41) is 5.74.